The number of hydrogen-bond donors (Lipinski definition) is 0. The third kappa shape index (κ3) is 4.29. The minimum Gasteiger partial charge on any atom is -0.368 e. The molecule has 0 aliphatic carbocycles. The van der Waals surface area contributed by atoms with Gasteiger partial charge in [-0.3, -0.25) is 4.79 Å². The van der Waals surface area contributed by atoms with Crippen molar-refractivity contribution in [3.63, 3.8) is 0 Å². The Bertz CT molecular complexity index is 492. The fraction of sp³-hybridized carbons (Fsp3) is 0.611. The van der Waals surface area contributed by atoms with E-state index in [9.17, 15) is 9.18 Å². The van der Waals surface area contributed by atoms with Crippen LogP contribution in [-0.4, -0.2) is 18.4 Å². The van der Waals surface area contributed by atoms with Crippen molar-refractivity contribution < 1.29 is 9.18 Å². The van der Waals surface area contributed by atoms with E-state index in [1.807, 2.05) is 6.07 Å². The molecular weight excluding hydrogens is 265 g/mol. The van der Waals surface area contributed by atoms with Crippen LogP contribution in [0, 0.1) is 18.7 Å². The van der Waals surface area contributed by atoms with E-state index in [1.54, 1.807) is 6.92 Å². The number of hydrogen-bond acceptors (Lipinski definition) is 2. The number of benzene rings is 1. The molecule has 2 nitrogen and oxygen atoms in total. The molecule has 0 spiro atoms. The summed E-state index contributed by atoms with van der Waals surface area (Å²) in [4.78, 5) is 14.2. The van der Waals surface area contributed by atoms with Crippen LogP contribution in [0.4, 0.5) is 10.1 Å². The number of Topliss-reactive ketones (excluding diaryl/α,β-unsaturated/α-hetero) is 1. The summed E-state index contributed by atoms with van der Waals surface area (Å²) in [6.07, 6.45) is 2.02. The normalized spacial score (nSPS) is 11.3. The van der Waals surface area contributed by atoms with Gasteiger partial charge in [0.1, 0.15) is 5.82 Å². The molecule has 0 heterocycles. The van der Waals surface area contributed by atoms with Crippen molar-refractivity contribution in [2.24, 2.45) is 5.92 Å². The van der Waals surface area contributed by atoms with E-state index in [2.05, 4.69) is 32.6 Å². The summed E-state index contributed by atoms with van der Waals surface area (Å²) < 4.78 is 13.8. The van der Waals surface area contributed by atoms with Gasteiger partial charge in [-0.15, -0.1) is 0 Å². The highest BCUT2D eigenvalue weighted by molar-refractivity contribution is 6.00. The van der Waals surface area contributed by atoms with Gasteiger partial charge in [-0.2, -0.15) is 0 Å². The molecule has 0 fully saturated rings. The second-order valence-corrected chi connectivity index (χ2v) is 6.19. The molecule has 3 heteroatoms. The van der Waals surface area contributed by atoms with E-state index in [0.717, 1.165) is 25.1 Å². The lowest BCUT2D eigenvalue weighted by atomic mass is 10.00. The molecule has 0 saturated heterocycles. The van der Waals surface area contributed by atoms with Crippen molar-refractivity contribution in [3.05, 3.63) is 29.1 Å². The average Bonchev–Trinajstić information content (AvgIpc) is 2.41. The minimum atomic E-state index is -0.307. The highest BCUT2D eigenvalue weighted by atomic mass is 19.1. The monoisotopic (exact) mass is 293 g/mol. The maximum Gasteiger partial charge on any atom is 0.161 e. The van der Waals surface area contributed by atoms with E-state index in [-0.39, 0.29) is 11.6 Å². The van der Waals surface area contributed by atoms with E-state index in [4.69, 9.17) is 0 Å². The van der Waals surface area contributed by atoms with Gasteiger partial charge in [0.2, 0.25) is 0 Å². The molecule has 0 aromatic heterocycles. The first-order valence-electron chi connectivity index (χ1n) is 7.89. The molecule has 0 bridgehead atoms. The average molecular weight is 293 g/mol. The third-order valence-electron chi connectivity index (χ3n) is 3.91. The Hall–Kier alpha value is -1.38. The number of carbonyl (C=O) groups excluding carboxylic acids is 1. The number of anilines is 1. The Morgan fingerprint density at radius 1 is 1.24 bits per heavy atom. The fourth-order valence-electron chi connectivity index (χ4n) is 2.75. The van der Waals surface area contributed by atoms with E-state index in [1.165, 1.54) is 13.0 Å². The summed E-state index contributed by atoms with van der Waals surface area (Å²) in [7, 11) is 0. The van der Waals surface area contributed by atoms with Crippen LogP contribution in [0.25, 0.3) is 0 Å². The Labute approximate surface area is 128 Å². The van der Waals surface area contributed by atoms with Crippen molar-refractivity contribution >= 4 is 11.5 Å². The van der Waals surface area contributed by atoms with Crippen LogP contribution in [0.3, 0.4) is 0 Å². The molecule has 21 heavy (non-hydrogen) atoms. The molecule has 118 valence electrons. The van der Waals surface area contributed by atoms with Crippen LogP contribution in [0.1, 0.15) is 63.4 Å². The lowest BCUT2D eigenvalue weighted by Gasteiger charge is -2.35. The number of aryl methyl sites for hydroxylation is 1. The molecule has 0 aliphatic heterocycles. The first kappa shape index (κ1) is 17.7. The zero-order chi connectivity index (χ0) is 16.2. The third-order valence-corrected chi connectivity index (χ3v) is 3.91. The maximum atomic E-state index is 13.8. The van der Waals surface area contributed by atoms with Crippen LogP contribution in [0.5, 0.6) is 0 Å². The van der Waals surface area contributed by atoms with Gasteiger partial charge in [0.05, 0.1) is 0 Å². The number of ketones is 1. The lowest BCUT2D eigenvalue weighted by Crippen LogP contribution is -2.38. The van der Waals surface area contributed by atoms with Gasteiger partial charge in [-0.25, -0.2) is 4.39 Å². The highest BCUT2D eigenvalue weighted by Crippen LogP contribution is 2.29. The zero-order valence-corrected chi connectivity index (χ0v) is 14.2. The Kier molecular flexibility index (Phi) is 6.38. The van der Waals surface area contributed by atoms with Crippen molar-refractivity contribution in [1.82, 2.24) is 0 Å². The molecule has 0 unspecified atom stereocenters. The quantitative estimate of drug-likeness (QED) is 0.660. The summed E-state index contributed by atoms with van der Waals surface area (Å²) in [6.45, 7) is 12.8. The molecule has 0 radical (unpaired) electrons. The first-order chi connectivity index (χ1) is 9.81. The summed E-state index contributed by atoms with van der Waals surface area (Å²) in [6, 6.07) is 3.59. The van der Waals surface area contributed by atoms with Crippen molar-refractivity contribution in [3.8, 4) is 0 Å². The van der Waals surface area contributed by atoms with E-state index >= 15 is 0 Å². The van der Waals surface area contributed by atoms with Gasteiger partial charge in [0.25, 0.3) is 0 Å². The standard InChI is InChI=1S/C18H28FNO/c1-7-15(8-2)20(11-12(3)4)18-9-13(5)17(19)10-16(18)14(6)21/h9-10,12,15H,7-8,11H2,1-6H3. The maximum absolute atomic E-state index is 13.8. The van der Waals surface area contributed by atoms with Gasteiger partial charge in [0, 0.05) is 23.8 Å². The predicted octanol–water partition coefficient (Wildman–Crippen LogP) is 4.99. The molecule has 0 aliphatic rings. The molecule has 1 rings (SSSR count). The first-order valence-corrected chi connectivity index (χ1v) is 7.89. The Morgan fingerprint density at radius 3 is 2.24 bits per heavy atom. The summed E-state index contributed by atoms with van der Waals surface area (Å²) in [5, 5.41) is 0. The fourth-order valence-corrected chi connectivity index (χ4v) is 2.75. The van der Waals surface area contributed by atoms with Gasteiger partial charge >= 0.3 is 0 Å². The molecular formula is C18H28FNO. The van der Waals surface area contributed by atoms with Crippen molar-refractivity contribution in [1.29, 1.82) is 0 Å². The number of carbonyl (C=O) groups is 1. The molecule has 1 aromatic rings. The Balaban J connectivity index is 3.41. The van der Waals surface area contributed by atoms with Gasteiger partial charge in [0.15, 0.2) is 5.78 Å². The minimum absolute atomic E-state index is 0.0800. The van der Waals surface area contributed by atoms with Crippen molar-refractivity contribution in [2.45, 2.75) is 60.4 Å². The SMILES string of the molecule is CCC(CC)N(CC(C)C)c1cc(C)c(F)cc1C(C)=O. The zero-order valence-electron chi connectivity index (χ0n) is 14.2. The molecule has 0 saturated carbocycles. The summed E-state index contributed by atoms with van der Waals surface area (Å²) >= 11 is 0. The number of rotatable bonds is 7. The van der Waals surface area contributed by atoms with Gasteiger partial charge in [-0.05, 0) is 50.3 Å². The van der Waals surface area contributed by atoms with E-state index < -0.39 is 0 Å². The van der Waals surface area contributed by atoms with Crippen LogP contribution in [0.15, 0.2) is 12.1 Å². The second kappa shape index (κ2) is 7.58. The van der Waals surface area contributed by atoms with Crippen LogP contribution in [0.2, 0.25) is 0 Å². The predicted molar refractivity (Wildman–Crippen MR) is 87.7 cm³/mol. The van der Waals surface area contributed by atoms with E-state index in [0.29, 0.717) is 23.1 Å². The van der Waals surface area contributed by atoms with Gasteiger partial charge in [-0.1, -0.05) is 27.7 Å². The van der Waals surface area contributed by atoms with Gasteiger partial charge < -0.3 is 4.90 Å². The molecule has 1 aromatic carbocycles. The topological polar surface area (TPSA) is 20.3 Å². The summed E-state index contributed by atoms with van der Waals surface area (Å²) in [5.41, 5.74) is 1.96. The molecule has 0 atom stereocenters. The highest BCUT2D eigenvalue weighted by Gasteiger charge is 2.22. The summed E-state index contributed by atoms with van der Waals surface area (Å²) in [5.74, 6) is 0.0948. The number of halogens is 1. The molecule has 0 amide bonds. The van der Waals surface area contributed by atoms with Crippen LogP contribution >= 0.6 is 0 Å². The number of nitrogens with zero attached hydrogens (tertiary/aromatic N) is 1. The van der Waals surface area contributed by atoms with Crippen molar-refractivity contribution in [2.75, 3.05) is 11.4 Å². The lowest BCUT2D eigenvalue weighted by molar-refractivity contribution is 0.101. The Morgan fingerprint density at radius 2 is 1.81 bits per heavy atom. The van der Waals surface area contributed by atoms with Crippen LogP contribution in [-0.2, 0) is 0 Å². The second-order valence-electron chi connectivity index (χ2n) is 6.19. The van der Waals surface area contributed by atoms with Crippen LogP contribution < -0.4 is 4.90 Å². The smallest absolute Gasteiger partial charge is 0.161 e. The largest absolute Gasteiger partial charge is 0.368 e. The molecule has 0 N–H and O–H groups in total.